The van der Waals surface area contributed by atoms with Crippen LogP contribution in [0.2, 0.25) is 0 Å². The first kappa shape index (κ1) is 18.0. The maximum Gasteiger partial charge on any atom is 0.257 e. The number of nitrogens with one attached hydrogen (secondary N) is 1. The maximum absolute atomic E-state index is 12.6. The molecule has 0 unspecified atom stereocenters. The highest BCUT2D eigenvalue weighted by molar-refractivity contribution is 6.04. The molecule has 0 aliphatic carbocycles. The number of amides is 1. The normalized spacial score (nSPS) is 13.4. The molecule has 1 aromatic heterocycles. The second kappa shape index (κ2) is 8.57. The molecular weight excluding hydrogens is 350 g/mol. The Morgan fingerprint density at radius 3 is 2.50 bits per heavy atom. The number of aromatic nitrogens is 1. The van der Waals surface area contributed by atoms with Gasteiger partial charge in [0.1, 0.15) is 12.4 Å². The van der Waals surface area contributed by atoms with Crippen molar-refractivity contribution < 1.29 is 9.53 Å². The van der Waals surface area contributed by atoms with Crippen molar-refractivity contribution in [3.05, 3.63) is 84.2 Å². The van der Waals surface area contributed by atoms with Crippen molar-refractivity contribution in [3.63, 3.8) is 0 Å². The number of hydrogen-bond acceptors (Lipinski definition) is 4. The topological polar surface area (TPSA) is 54.5 Å². The lowest BCUT2D eigenvalue weighted by Gasteiger charge is -2.17. The van der Waals surface area contributed by atoms with E-state index < -0.39 is 0 Å². The Balaban J connectivity index is 1.36. The summed E-state index contributed by atoms with van der Waals surface area (Å²) in [6.07, 6.45) is 5.80. The van der Waals surface area contributed by atoms with E-state index in [4.69, 9.17) is 4.74 Å². The smallest absolute Gasteiger partial charge is 0.257 e. The van der Waals surface area contributed by atoms with Gasteiger partial charge in [0.25, 0.3) is 5.91 Å². The van der Waals surface area contributed by atoms with E-state index in [0.29, 0.717) is 12.2 Å². The summed E-state index contributed by atoms with van der Waals surface area (Å²) < 4.78 is 5.78. The van der Waals surface area contributed by atoms with Gasteiger partial charge in [0.15, 0.2) is 0 Å². The van der Waals surface area contributed by atoms with Gasteiger partial charge in [-0.25, -0.2) is 0 Å². The summed E-state index contributed by atoms with van der Waals surface area (Å²) in [5, 5.41) is 2.92. The zero-order valence-corrected chi connectivity index (χ0v) is 15.7. The van der Waals surface area contributed by atoms with Crippen LogP contribution in [0.25, 0.3) is 0 Å². The summed E-state index contributed by atoms with van der Waals surface area (Å²) in [6.45, 7) is 2.57. The molecule has 142 valence electrons. The van der Waals surface area contributed by atoms with E-state index in [9.17, 15) is 4.79 Å². The van der Waals surface area contributed by atoms with Crippen LogP contribution in [0.3, 0.4) is 0 Å². The van der Waals surface area contributed by atoms with Gasteiger partial charge < -0.3 is 15.0 Å². The minimum atomic E-state index is -0.161. The SMILES string of the molecule is O=C(Nc1ccc(OCc2ccccc2)cc1)c1cncc(N2CCCC2)c1. The number of hydrogen-bond donors (Lipinski definition) is 1. The largest absolute Gasteiger partial charge is 0.489 e. The van der Waals surface area contributed by atoms with E-state index >= 15 is 0 Å². The molecule has 0 saturated carbocycles. The molecule has 1 saturated heterocycles. The van der Waals surface area contributed by atoms with Gasteiger partial charge in [-0.2, -0.15) is 0 Å². The van der Waals surface area contributed by atoms with Crippen molar-refractivity contribution in [1.29, 1.82) is 0 Å². The fourth-order valence-corrected chi connectivity index (χ4v) is 3.28. The van der Waals surface area contributed by atoms with Crippen molar-refractivity contribution in [1.82, 2.24) is 4.98 Å². The quantitative estimate of drug-likeness (QED) is 0.691. The van der Waals surface area contributed by atoms with E-state index in [-0.39, 0.29) is 5.91 Å². The minimum absolute atomic E-state index is 0.161. The number of nitrogens with zero attached hydrogens (tertiary/aromatic N) is 2. The summed E-state index contributed by atoms with van der Waals surface area (Å²) in [5.41, 5.74) is 3.41. The van der Waals surface area contributed by atoms with Crippen molar-refractivity contribution >= 4 is 17.3 Å². The lowest BCUT2D eigenvalue weighted by Crippen LogP contribution is -2.19. The molecule has 0 bridgehead atoms. The Hall–Kier alpha value is -3.34. The summed E-state index contributed by atoms with van der Waals surface area (Å²) >= 11 is 0. The molecule has 2 aromatic carbocycles. The highest BCUT2D eigenvalue weighted by Crippen LogP contribution is 2.21. The molecule has 2 heterocycles. The van der Waals surface area contributed by atoms with Crippen molar-refractivity contribution in [3.8, 4) is 5.75 Å². The van der Waals surface area contributed by atoms with Crippen LogP contribution >= 0.6 is 0 Å². The monoisotopic (exact) mass is 373 g/mol. The van der Waals surface area contributed by atoms with Gasteiger partial charge in [-0.3, -0.25) is 9.78 Å². The number of rotatable bonds is 6. The van der Waals surface area contributed by atoms with Gasteiger partial charge in [0, 0.05) is 25.0 Å². The van der Waals surface area contributed by atoms with E-state index in [1.807, 2.05) is 66.9 Å². The zero-order valence-electron chi connectivity index (χ0n) is 15.7. The Morgan fingerprint density at radius 2 is 1.75 bits per heavy atom. The summed E-state index contributed by atoms with van der Waals surface area (Å²) in [7, 11) is 0. The van der Waals surface area contributed by atoms with Gasteiger partial charge in [0.2, 0.25) is 0 Å². The Morgan fingerprint density at radius 1 is 1.00 bits per heavy atom. The van der Waals surface area contributed by atoms with Crippen molar-refractivity contribution in [2.24, 2.45) is 0 Å². The second-order valence-corrected chi connectivity index (χ2v) is 6.88. The van der Waals surface area contributed by atoms with E-state index in [1.54, 1.807) is 6.20 Å². The average molecular weight is 373 g/mol. The van der Waals surface area contributed by atoms with Gasteiger partial charge >= 0.3 is 0 Å². The Kier molecular flexibility index (Phi) is 5.52. The summed E-state index contributed by atoms with van der Waals surface area (Å²) in [6, 6.07) is 19.3. The van der Waals surface area contributed by atoms with Gasteiger partial charge in [-0.15, -0.1) is 0 Å². The number of pyridine rings is 1. The molecule has 0 spiro atoms. The van der Waals surface area contributed by atoms with Crippen LogP contribution < -0.4 is 15.0 Å². The maximum atomic E-state index is 12.6. The van der Waals surface area contributed by atoms with Crippen LogP contribution in [0.5, 0.6) is 5.75 Å². The fourth-order valence-electron chi connectivity index (χ4n) is 3.28. The average Bonchev–Trinajstić information content (AvgIpc) is 3.29. The van der Waals surface area contributed by atoms with Crippen LogP contribution in [0.1, 0.15) is 28.8 Å². The van der Waals surface area contributed by atoms with Gasteiger partial charge in [-0.05, 0) is 48.7 Å². The standard InChI is InChI=1S/C23H23N3O2/c27-23(19-14-21(16-24-15-19)26-12-4-5-13-26)25-20-8-10-22(11-9-20)28-17-18-6-2-1-3-7-18/h1-3,6-11,14-16H,4-5,12-13,17H2,(H,25,27). The molecular formula is C23H23N3O2. The third-order valence-electron chi connectivity index (χ3n) is 4.82. The molecule has 1 aliphatic rings. The van der Waals surface area contributed by atoms with Crippen LogP contribution in [0, 0.1) is 0 Å². The Bertz CT molecular complexity index is 920. The van der Waals surface area contributed by atoms with Crippen LogP contribution in [-0.2, 0) is 6.61 Å². The van der Waals surface area contributed by atoms with E-state index in [0.717, 1.165) is 35.8 Å². The van der Waals surface area contributed by atoms with Gasteiger partial charge in [0.05, 0.1) is 17.4 Å². The molecule has 0 atom stereocenters. The highest BCUT2D eigenvalue weighted by atomic mass is 16.5. The van der Waals surface area contributed by atoms with E-state index in [1.165, 1.54) is 12.8 Å². The first-order valence-corrected chi connectivity index (χ1v) is 9.56. The highest BCUT2D eigenvalue weighted by Gasteiger charge is 2.15. The lowest BCUT2D eigenvalue weighted by atomic mass is 10.2. The van der Waals surface area contributed by atoms with Crippen molar-refractivity contribution in [2.75, 3.05) is 23.3 Å². The minimum Gasteiger partial charge on any atom is -0.489 e. The molecule has 5 heteroatoms. The molecule has 0 radical (unpaired) electrons. The molecule has 28 heavy (non-hydrogen) atoms. The molecule has 4 rings (SSSR count). The molecule has 1 N–H and O–H groups in total. The van der Waals surface area contributed by atoms with E-state index in [2.05, 4.69) is 15.2 Å². The number of carbonyl (C=O) groups excluding carboxylic acids is 1. The third kappa shape index (κ3) is 4.49. The van der Waals surface area contributed by atoms with Crippen molar-refractivity contribution in [2.45, 2.75) is 19.4 Å². The number of ether oxygens (including phenoxy) is 1. The van der Waals surface area contributed by atoms with Crippen LogP contribution in [-0.4, -0.2) is 24.0 Å². The predicted molar refractivity (Wildman–Crippen MR) is 111 cm³/mol. The number of benzene rings is 2. The fraction of sp³-hybridized carbons (Fsp3) is 0.217. The Labute approximate surface area is 165 Å². The summed E-state index contributed by atoms with van der Waals surface area (Å²) in [4.78, 5) is 19.1. The third-order valence-corrected chi connectivity index (χ3v) is 4.82. The number of carbonyl (C=O) groups is 1. The molecule has 5 nitrogen and oxygen atoms in total. The summed E-state index contributed by atoms with van der Waals surface area (Å²) in [5.74, 6) is 0.603. The number of anilines is 2. The second-order valence-electron chi connectivity index (χ2n) is 6.88. The lowest BCUT2D eigenvalue weighted by molar-refractivity contribution is 0.102. The molecule has 1 aliphatic heterocycles. The first-order chi connectivity index (χ1) is 13.8. The van der Waals surface area contributed by atoms with Gasteiger partial charge in [-0.1, -0.05) is 30.3 Å². The van der Waals surface area contributed by atoms with Crippen LogP contribution in [0.15, 0.2) is 73.1 Å². The zero-order chi connectivity index (χ0) is 19.2. The molecule has 1 amide bonds. The predicted octanol–water partition coefficient (Wildman–Crippen LogP) is 4.51. The molecule has 3 aromatic rings. The van der Waals surface area contributed by atoms with Crippen LogP contribution in [0.4, 0.5) is 11.4 Å². The molecule has 1 fully saturated rings. The first-order valence-electron chi connectivity index (χ1n) is 9.56.